The van der Waals surface area contributed by atoms with E-state index >= 15 is 0 Å². The summed E-state index contributed by atoms with van der Waals surface area (Å²) in [6.07, 6.45) is 19.2. The molecule has 0 heterocycles. The second-order valence-electron chi connectivity index (χ2n) is 5.49. The number of rotatable bonds is 15. The van der Waals surface area contributed by atoms with E-state index in [-0.39, 0.29) is 0 Å². The smallest absolute Gasteiger partial charge is 0.0654 e. The fourth-order valence-electron chi connectivity index (χ4n) is 2.15. The molecule has 0 aromatic heterocycles. The minimum Gasteiger partial charge on any atom is -0.0654 e. The Hall–Kier alpha value is 0.297. The third-order valence-corrected chi connectivity index (χ3v) is 3.42. The van der Waals surface area contributed by atoms with Crippen LogP contribution in [0, 0.1) is 0 Å². The van der Waals surface area contributed by atoms with Gasteiger partial charge in [0.05, 0.1) is 0 Å². The first-order valence-corrected chi connectivity index (χ1v) is 8.64. The van der Waals surface area contributed by atoms with Gasteiger partial charge in [-0.25, -0.2) is 0 Å². The van der Waals surface area contributed by atoms with E-state index in [1.165, 1.54) is 75.7 Å². The van der Waals surface area contributed by atoms with Gasteiger partial charge in [0.15, 0.2) is 0 Å². The van der Waals surface area contributed by atoms with Gasteiger partial charge in [-0.3, -0.25) is 0 Å². The van der Waals surface area contributed by atoms with Crippen LogP contribution in [0.5, 0.6) is 0 Å². The van der Waals surface area contributed by atoms with Crippen LogP contribution in [-0.4, -0.2) is 30.9 Å². The summed E-state index contributed by atoms with van der Waals surface area (Å²) in [5, 5.41) is 1.26. The van der Waals surface area contributed by atoms with Gasteiger partial charge in [-0.1, -0.05) is 39.0 Å². The zero-order chi connectivity index (χ0) is 14.0. The molecule has 0 spiro atoms. The number of hydrogen-bond donors (Lipinski definition) is 0. The molecule has 0 aromatic carbocycles. The molecule has 0 radical (unpaired) electrons. The van der Waals surface area contributed by atoms with Gasteiger partial charge in [0.25, 0.3) is 0 Å². The summed E-state index contributed by atoms with van der Waals surface area (Å²) in [6.45, 7) is 4.18. The van der Waals surface area contributed by atoms with Crippen LogP contribution in [0.3, 0.4) is 0 Å². The van der Waals surface area contributed by atoms with Crippen LogP contribution in [-0.2, 0) is 4.74 Å². The van der Waals surface area contributed by atoms with Crippen molar-refractivity contribution in [2.24, 2.45) is 0 Å². The normalized spacial score (nSPS) is 11.5. The molecule has 0 aliphatic heterocycles. The molecule has 0 atom stereocenters. The molecular weight excluding hydrogens is 227 g/mol. The standard InChI is InChI=1S/C17H33O.Li/c1-3-5-7-9-10-11-13-15-17-18-16-14-12-8-6-4-2;/h6,8H,2-5,7,9-17H2,1H3;/b8-6-;. The summed E-state index contributed by atoms with van der Waals surface area (Å²) in [5.74, 6) is 0. The van der Waals surface area contributed by atoms with E-state index in [1.807, 2.05) is 0 Å². The van der Waals surface area contributed by atoms with Crippen molar-refractivity contribution in [2.75, 3.05) is 13.2 Å². The van der Waals surface area contributed by atoms with Crippen LogP contribution in [0.1, 0.15) is 77.6 Å². The van der Waals surface area contributed by atoms with Crippen LogP contribution in [0.25, 0.3) is 0 Å². The van der Waals surface area contributed by atoms with Crippen molar-refractivity contribution in [3.8, 4) is 0 Å². The zero-order valence-electron chi connectivity index (χ0n) is 13.5. The molecule has 0 aliphatic rings. The number of ether oxygens (including phenoxy) is 1. The Balaban J connectivity index is 2.95. The molecule has 1 nitrogen and oxygen atoms in total. The van der Waals surface area contributed by atoms with Gasteiger partial charge in [-0.2, -0.15) is 0 Å². The Labute approximate surface area is 130 Å². The Bertz CT molecular complexity index is 180. The van der Waals surface area contributed by atoms with E-state index in [1.54, 1.807) is 0 Å². The molecule has 2 heteroatoms. The van der Waals surface area contributed by atoms with Crippen molar-refractivity contribution >= 4 is 17.7 Å². The van der Waals surface area contributed by atoms with Gasteiger partial charge in [0.1, 0.15) is 0 Å². The number of unbranched alkanes of at least 4 members (excludes halogenated alkanes) is 8. The average molecular weight is 260 g/mol. The summed E-state index contributed by atoms with van der Waals surface area (Å²) in [4.78, 5) is 0. The van der Waals surface area contributed by atoms with Crippen molar-refractivity contribution in [3.05, 3.63) is 12.2 Å². The molecule has 0 amide bonds. The molecule has 0 saturated heterocycles. The molecule has 0 fully saturated rings. The predicted molar refractivity (Wildman–Crippen MR) is 87.0 cm³/mol. The quantitative estimate of drug-likeness (QED) is 0.216. The van der Waals surface area contributed by atoms with Crippen LogP contribution in [0.2, 0.25) is 5.09 Å². The maximum atomic E-state index is 5.65. The molecule has 0 bridgehead atoms. The van der Waals surface area contributed by atoms with E-state index in [4.69, 9.17) is 4.74 Å². The van der Waals surface area contributed by atoms with Crippen molar-refractivity contribution in [1.82, 2.24) is 0 Å². The van der Waals surface area contributed by atoms with Crippen molar-refractivity contribution < 1.29 is 4.74 Å². The number of allylic oxidation sites excluding steroid dienone is 2. The molecule has 0 saturated carbocycles. The Morgan fingerprint density at radius 2 is 1.32 bits per heavy atom. The summed E-state index contributed by atoms with van der Waals surface area (Å²) in [7, 11) is 0. The monoisotopic (exact) mass is 260 g/mol. The van der Waals surface area contributed by atoms with E-state index in [2.05, 4.69) is 36.8 Å². The molecule has 0 N–H and O–H groups in total. The fourth-order valence-corrected chi connectivity index (χ4v) is 2.15. The molecule has 19 heavy (non-hydrogen) atoms. The SMILES string of the molecule is [Li][CH2]C/C=C\CCCOCCCCCCCCCC. The summed E-state index contributed by atoms with van der Waals surface area (Å²) in [6, 6.07) is 0. The topological polar surface area (TPSA) is 9.23 Å². The summed E-state index contributed by atoms with van der Waals surface area (Å²) < 4.78 is 5.65. The van der Waals surface area contributed by atoms with E-state index in [9.17, 15) is 0 Å². The van der Waals surface area contributed by atoms with Crippen molar-refractivity contribution in [1.29, 1.82) is 0 Å². The fraction of sp³-hybridized carbons (Fsp3) is 0.882. The van der Waals surface area contributed by atoms with Gasteiger partial charge in [-0.15, -0.1) is 0 Å². The maximum absolute atomic E-state index is 5.65. The van der Waals surface area contributed by atoms with Crippen LogP contribution in [0.15, 0.2) is 12.2 Å². The summed E-state index contributed by atoms with van der Waals surface area (Å²) in [5.41, 5.74) is 0. The first-order valence-electron chi connectivity index (χ1n) is 8.64. The van der Waals surface area contributed by atoms with Crippen LogP contribution in [0.4, 0.5) is 0 Å². The van der Waals surface area contributed by atoms with Gasteiger partial charge < -0.3 is 0 Å². The second kappa shape index (κ2) is 18.3. The Morgan fingerprint density at radius 1 is 0.737 bits per heavy atom. The third-order valence-electron chi connectivity index (χ3n) is 3.42. The third kappa shape index (κ3) is 18.3. The predicted octanol–water partition coefficient (Wildman–Crippen LogP) is 5.46. The average Bonchev–Trinajstić information content (AvgIpc) is 2.43. The molecule has 0 aliphatic carbocycles. The molecule has 0 aromatic rings. The zero-order valence-corrected chi connectivity index (χ0v) is 13.5. The van der Waals surface area contributed by atoms with Gasteiger partial charge in [0.2, 0.25) is 0 Å². The summed E-state index contributed by atoms with van der Waals surface area (Å²) >= 11 is 2.22. The molecule has 108 valence electrons. The van der Waals surface area contributed by atoms with E-state index < -0.39 is 0 Å². The van der Waals surface area contributed by atoms with Crippen molar-refractivity contribution in [3.63, 3.8) is 0 Å². The van der Waals surface area contributed by atoms with E-state index in [0.29, 0.717) is 0 Å². The first-order chi connectivity index (χ1) is 9.41. The Morgan fingerprint density at radius 3 is 2.00 bits per heavy atom. The van der Waals surface area contributed by atoms with E-state index in [0.717, 1.165) is 13.2 Å². The number of hydrogen-bond acceptors (Lipinski definition) is 1. The first kappa shape index (κ1) is 19.3. The Kier molecular flexibility index (Phi) is 18.6. The van der Waals surface area contributed by atoms with Gasteiger partial charge >= 0.3 is 91.4 Å². The van der Waals surface area contributed by atoms with Crippen LogP contribution < -0.4 is 0 Å². The molecule has 0 rings (SSSR count). The molecule has 0 unspecified atom stereocenters. The van der Waals surface area contributed by atoms with Crippen molar-refractivity contribution in [2.45, 2.75) is 82.6 Å². The van der Waals surface area contributed by atoms with Gasteiger partial charge in [-0.05, 0) is 0 Å². The minimum absolute atomic E-state index is 0.937. The van der Waals surface area contributed by atoms with Crippen LogP contribution >= 0.6 is 0 Å². The molecular formula is C17H33LiO. The second-order valence-corrected chi connectivity index (χ2v) is 5.49. The minimum atomic E-state index is 0.937. The van der Waals surface area contributed by atoms with Gasteiger partial charge in [0, 0.05) is 0 Å².